The van der Waals surface area contributed by atoms with Gasteiger partial charge in [0.15, 0.2) is 6.10 Å². The van der Waals surface area contributed by atoms with Gasteiger partial charge in [0.1, 0.15) is 23.9 Å². The molecular weight excluding hydrogens is 480 g/mol. The molecule has 3 aromatic rings. The number of hydrogen-bond acceptors (Lipinski definition) is 6. The topological polar surface area (TPSA) is 94.2 Å². The van der Waals surface area contributed by atoms with Crippen molar-refractivity contribution in [2.45, 2.75) is 31.8 Å². The maximum Gasteiger partial charge on any atom is 0.264 e. The van der Waals surface area contributed by atoms with Crippen LogP contribution in [0.2, 0.25) is 0 Å². The SMILES string of the molecule is COc1ccc(S(=O)(=O)N2CC(C(=O)NCCOc3ccc(C)c(C)c3)Oc3cc(C)ccc32)cc1. The second-order valence-electron chi connectivity index (χ2n) is 8.67. The molecule has 0 aromatic heterocycles. The summed E-state index contributed by atoms with van der Waals surface area (Å²) in [5.41, 5.74) is 3.57. The summed E-state index contributed by atoms with van der Waals surface area (Å²) in [5, 5.41) is 2.79. The van der Waals surface area contributed by atoms with Gasteiger partial charge < -0.3 is 19.5 Å². The Kier molecular flexibility index (Phi) is 7.40. The summed E-state index contributed by atoms with van der Waals surface area (Å²) in [6, 6.07) is 17.2. The number of nitrogens with one attached hydrogen (secondary N) is 1. The number of benzene rings is 3. The molecule has 3 aromatic carbocycles. The maximum absolute atomic E-state index is 13.5. The lowest BCUT2D eigenvalue weighted by atomic mass is 10.1. The number of fused-ring (bicyclic) bond motifs is 1. The first-order valence-corrected chi connectivity index (χ1v) is 13.0. The van der Waals surface area contributed by atoms with Crippen LogP contribution in [0.15, 0.2) is 65.6 Å². The molecule has 0 saturated heterocycles. The lowest BCUT2D eigenvalue weighted by Gasteiger charge is -2.35. The monoisotopic (exact) mass is 510 g/mol. The number of carbonyl (C=O) groups is 1. The molecule has 1 amide bonds. The minimum atomic E-state index is -3.96. The fourth-order valence-corrected chi connectivity index (χ4v) is 5.34. The normalized spacial score (nSPS) is 15.0. The molecule has 190 valence electrons. The number of hydrogen-bond donors (Lipinski definition) is 1. The number of aryl methyl sites for hydroxylation is 3. The molecule has 0 fully saturated rings. The van der Waals surface area contributed by atoms with Crippen LogP contribution in [0.5, 0.6) is 17.2 Å². The van der Waals surface area contributed by atoms with Crippen LogP contribution in [-0.2, 0) is 14.8 Å². The summed E-state index contributed by atoms with van der Waals surface area (Å²) in [5.74, 6) is 1.19. The van der Waals surface area contributed by atoms with Crippen molar-refractivity contribution in [2.75, 3.05) is 31.1 Å². The molecule has 0 spiro atoms. The number of ether oxygens (including phenoxy) is 3. The van der Waals surface area contributed by atoms with E-state index in [0.717, 1.165) is 16.9 Å². The third-order valence-corrected chi connectivity index (χ3v) is 7.87. The third-order valence-electron chi connectivity index (χ3n) is 6.07. The largest absolute Gasteiger partial charge is 0.497 e. The fourth-order valence-electron chi connectivity index (χ4n) is 3.86. The third kappa shape index (κ3) is 5.41. The van der Waals surface area contributed by atoms with E-state index in [4.69, 9.17) is 14.2 Å². The van der Waals surface area contributed by atoms with Gasteiger partial charge in [-0.3, -0.25) is 9.10 Å². The van der Waals surface area contributed by atoms with Gasteiger partial charge in [0.2, 0.25) is 0 Å². The van der Waals surface area contributed by atoms with Crippen LogP contribution in [0.1, 0.15) is 16.7 Å². The molecule has 1 heterocycles. The highest BCUT2D eigenvalue weighted by molar-refractivity contribution is 7.92. The molecule has 1 atom stereocenters. The van der Waals surface area contributed by atoms with Gasteiger partial charge in [0, 0.05) is 0 Å². The Morgan fingerprint density at radius 1 is 1.00 bits per heavy atom. The molecule has 1 unspecified atom stereocenters. The molecule has 8 nitrogen and oxygen atoms in total. The van der Waals surface area contributed by atoms with E-state index in [0.29, 0.717) is 17.2 Å². The Bertz CT molecular complexity index is 1360. The van der Waals surface area contributed by atoms with Gasteiger partial charge in [0.05, 0.1) is 30.8 Å². The zero-order valence-corrected chi connectivity index (χ0v) is 21.6. The second-order valence-corrected chi connectivity index (χ2v) is 10.5. The van der Waals surface area contributed by atoms with Crippen molar-refractivity contribution in [3.63, 3.8) is 0 Å². The van der Waals surface area contributed by atoms with E-state index in [1.54, 1.807) is 24.3 Å². The van der Waals surface area contributed by atoms with E-state index in [9.17, 15) is 13.2 Å². The molecule has 0 saturated carbocycles. The summed E-state index contributed by atoms with van der Waals surface area (Å²) < 4.78 is 45.1. The number of amides is 1. The lowest BCUT2D eigenvalue weighted by molar-refractivity contribution is -0.127. The average molecular weight is 511 g/mol. The highest BCUT2D eigenvalue weighted by atomic mass is 32.2. The van der Waals surface area contributed by atoms with E-state index in [2.05, 4.69) is 5.32 Å². The highest BCUT2D eigenvalue weighted by Gasteiger charge is 2.37. The van der Waals surface area contributed by atoms with Crippen molar-refractivity contribution in [3.05, 3.63) is 77.4 Å². The summed E-state index contributed by atoms with van der Waals surface area (Å²) in [4.78, 5) is 13.1. The molecular formula is C27H30N2O6S. The predicted octanol–water partition coefficient (Wildman–Crippen LogP) is 3.77. The van der Waals surface area contributed by atoms with Crippen molar-refractivity contribution in [3.8, 4) is 17.2 Å². The minimum absolute atomic E-state index is 0.0951. The number of nitrogens with zero attached hydrogens (tertiary/aromatic N) is 1. The van der Waals surface area contributed by atoms with E-state index in [-0.39, 0.29) is 24.6 Å². The van der Waals surface area contributed by atoms with Gasteiger partial charge in [-0.2, -0.15) is 0 Å². The lowest BCUT2D eigenvalue weighted by Crippen LogP contribution is -2.51. The van der Waals surface area contributed by atoms with Crippen LogP contribution in [0.3, 0.4) is 0 Å². The molecule has 1 N–H and O–H groups in total. The second kappa shape index (κ2) is 10.5. The van der Waals surface area contributed by atoms with Gasteiger partial charge in [-0.15, -0.1) is 0 Å². The van der Waals surface area contributed by atoms with Crippen molar-refractivity contribution in [1.82, 2.24) is 5.32 Å². The first-order valence-electron chi connectivity index (χ1n) is 11.6. The van der Waals surface area contributed by atoms with Crippen LogP contribution >= 0.6 is 0 Å². The van der Waals surface area contributed by atoms with Crippen LogP contribution < -0.4 is 23.8 Å². The summed E-state index contributed by atoms with van der Waals surface area (Å²) in [6.45, 7) is 6.27. The quantitative estimate of drug-likeness (QED) is 0.464. The van der Waals surface area contributed by atoms with Gasteiger partial charge in [0.25, 0.3) is 15.9 Å². The average Bonchev–Trinajstić information content (AvgIpc) is 2.87. The van der Waals surface area contributed by atoms with Crippen molar-refractivity contribution in [2.24, 2.45) is 0 Å². The first-order chi connectivity index (χ1) is 17.2. The zero-order chi connectivity index (χ0) is 25.9. The Labute approximate surface area is 211 Å². The van der Waals surface area contributed by atoms with Crippen LogP contribution in [0, 0.1) is 20.8 Å². The Morgan fingerprint density at radius 3 is 2.42 bits per heavy atom. The smallest absolute Gasteiger partial charge is 0.264 e. The fraction of sp³-hybridized carbons (Fsp3) is 0.296. The number of carbonyl (C=O) groups excluding carboxylic acids is 1. The Morgan fingerprint density at radius 2 is 1.72 bits per heavy atom. The van der Waals surface area contributed by atoms with Crippen molar-refractivity contribution >= 4 is 21.6 Å². The van der Waals surface area contributed by atoms with E-state index < -0.39 is 22.0 Å². The molecule has 9 heteroatoms. The van der Waals surface area contributed by atoms with Gasteiger partial charge >= 0.3 is 0 Å². The van der Waals surface area contributed by atoms with Gasteiger partial charge in [-0.05, 0) is 86.0 Å². The molecule has 0 aliphatic carbocycles. The van der Waals surface area contributed by atoms with Crippen LogP contribution in [0.4, 0.5) is 5.69 Å². The van der Waals surface area contributed by atoms with Gasteiger partial charge in [-0.1, -0.05) is 12.1 Å². The molecule has 1 aliphatic heterocycles. The Hall–Kier alpha value is -3.72. The Balaban J connectivity index is 1.48. The minimum Gasteiger partial charge on any atom is -0.497 e. The van der Waals surface area contributed by atoms with Crippen molar-refractivity contribution < 1.29 is 27.4 Å². The summed E-state index contributed by atoms with van der Waals surface area (Å²) in [7, 11) is -2.44. The first kappa shape index (κ1) is 25.4. The van der Waals surface area contributed by atoms with E-state index in [1.807, 2.05) is 45.0 Å². The zero-order valence-electron chi connectivity index (χ0n) is 20.8. The number of rotatable bonds is 8. The number of methoxy groups -OCH3 is 1. The number of sulfonamides is 1. The van der Waals surface area contributed by atoms with E-state index >= 15 is 0 Å². The highest BCUT2D eigenvalue weighted by Crippen LogP contribution is 2.38. The molecule has 4 rings (SSSR count). The standard InChI is InChI=1S/C27H30N2O6S/c1-18-5-12-24-25(15-18)35-26(17-29(24)36(31,32)23-10-8-21(33-4)9-11-23)27(30)28-13-14-34-22-7-6-19(2)20(3)16-22/h5-12,15-16,26H,13-14,17H2,1-4H3,(H,28,30). The van der Waals surface area contributed by atoms with Gasteiger partial charge in [-0.25, -0.2) is 8.42 Å². The molecule has 0 bridgehead atoms. The van der Waals surface area contributed by atoms with Crippen LogP contribution in [0.25, 0.3) is 0 Å². The predicted molar refractivity (Wildman–Crippen MR) is 138 cm³/mol. The van der Waals surface area contributed by atoms with E-state index in [1.165, 1.54) is 29.1 Å². The maximum atomic E-state index is 13.5. The summed E-state index contributed by atoms with van der Waals surface area (Å²) >= 11 is 0. The van der Waals surface area contributed by atoms with Crippen molar-refractivity contribution in [1.29, 1.82) is 0 Å². The molecule has 1 aliphatic rings. The number of anilines is 1. The molecule has 36 heavy (non-hydrogen) atoms. The molecule has 0 radical (unpaired) electrons. The van der Waals surface area contributed by atoms with Crippen LogP contribution in [-0.4, -0.2) is 47.2 Å². The summed E-state index contributed by atoms with van der Waals surface area (Å²) in [6.07, 6.45) is -1.02.